The fourth-order valence-electron chi connectivity index (χ4n) is 1.32. The van der Waals surface area contributed by atoms with Crippen LogP contribution in [0.5, 0.6) is 0 Å². The van der Waals surface area contributed by atoms with Crippen LogP contribution in [0.25, 0.3) is 0 Å². The lowest BCUT2D eigenvalue weighted by atomic mass is 10.2. The molecule has 1 aromatic carbocycles. The molecule has 2 aromatic rings. The minimum Gasteiger partial charge on any atom is -0.380 e. The zero-order chi connectivity index (χ0) is 11.4. The predicted molar refractivity (Wildman–Crippen MR) is 82.5 cm³/mol. The van der Waals surface area contributed by atoms with Gasteiger partial charge >= 0.3 is 0 Å². The zero-order valence-corrected chi connectivity index (χ0v) is 12.4. The van der Waals surface area contributed by atoms with E-state index in [1.165, 1.54) is 0 Å². The van der Waals surface area contributed by atoms with E-state index in [1.807, 2.05) is 24.3 Å². The normalized spacial score (nSPS) is 9.00. The van der Waals surface area contributed by atoms with Gasteiger partial charge in [0.1, 0.15) is 0 Å². The highest BCUT2D eigenvalue weighted by Gasteiger charge is 1.99. The third-order valence-electron chi connectivity index (χ3n) is 2.14. The van der Waals surface area contributed by atoms with E-state index in [4.69, 9.17) is 23.2 Å². The number of aromatic nitrogens is 1. The molecular formula is C12H12Cl4N2. The van der Waals surface area contributed by atoms with Gasteiger partial charge in [-0.15, -0.1) is 24.8 Å². The summed E-state index contributed by atoms with van der Waals surface area (Å²) in [5.41, 5.74) is 2.06. The number of anilines is 1. The van der Waals surface area contributed by atoms with E-state index in [0.717, 1.165) is 11.3 Å². The van der Waals surface area contributed by atoms with E-state index >= 15 is 0 Å². The molecule has 1 N–H and O–H groups in total. The fourth-order valence-corrected chi connectivity index (χ4v) is 1.64. The number of halogens is 4. The van der Waals surface area contributed by atoms with Crippen molar-refractivity contribution in [3.8, 4) is 0 Å². The highest BCUT2D eigenvalue weighted by molar-refractivity contribution is 6.42. The molecule has 0 aliphatic heterocycles. The van der Waals surface area contributed by atoms with E-state index in [1.54, 1.807) is 18.5 Å². The van der Waals surface area contributed by atoms with E-state index in [9.17, 15) is 0 Å². The molecule has 0 aliphatic carbocycles. The predicted octanol–water partition coefficient (Wildman–Crippen LogP) is 4.84. The Morgan fingerprint density at radius 3 is 2.44 bits per heavy atom. The second kappa shape index (κ2) is 8.44. The van der Waals surface area contributed by atoms with Crippen molar-refractivity contribution in [2.24, 2.45) is 0 Å². The first-order chi connectivity index (χ1) is 7.75. The van der Waals surface area contributed by atoms with E-state index in [2.05, 4.69) is 10.3 Å². The number of hydrogen-bond acceptors (Lipinski definition) is 2. The molecule has 98 valence electrons. The first-order valence-electron chi connectivity index (χ1n) is 4.83. The minimum absolute atomic E-state index is 0. The van der Waals surface area contributed by atoms with Crippen LogP contribution < -0.4 is 5.32 Å². The van der Waals surface area contributed by atoms with Gasteiger partial charge in [-0.3, -0.25) is 4.98 Å². The van der Waals surface area contributed by atoms with Crippen LogP contribution in [-0.2, 0) is 6.54 Å². The molecule has 2 nitrogen and oxygen atoms in total. The van der Waals surface area contributed by atoms with Crippen molar-refractivity contribution >= 4 is 53.7 Å². The van der Waals surface area contributed by atoms with Crippen LogP contribution in [0.2, 0.25) is 10.0 Å². The maximum absolute atomic E-state index is 5.92. The van der Waals surface area contributed by atoms with Crippen LogP contribution >= 0.6 is 48.0 Å². The molecule has 0 amide bonds. The third kappa shape index (κ3) is 4.91. The van der Waals surface area contributed by atoms with Crippen LogP contribution in [0.4, 0.5) is 5.69 Å². The van der Waals surface area contributed by atoms with Gasteiger partial charge in [-0.2, -0.15) is 0 Å². The SMILES string of the molecule is Cl.Cl.Clc1ccc(CNc2cccnc2)cc1Cl. The summed E-state index contributed by atoms with van der Waals surface area (Å²) in [5.74, 6) is 0. The molecule has 0 fully saturated rings. The summed E-state index contributed by atoms with van der Waals surface area (Å²) >= 11 is 11.8. The summed E-state index contributed by atoms with van der Waals surface area (Å²) in [7, 11) is 0. The summed E-state index contributed by atoms with van der Waals surface area (Å²) in [6.07, 6.45) is 3.52. The number of nitrogens with one attached hydrogen (secondary N) is 1. The van der Waals surface area contributed by atoms with Crippen molar-refractivity contribution in [2.45, 2.75) is 6.54 Å². The fraction of sp³-hybridized carbons (Fsp3) is 0.0833. The Labute approximate surface area is 129 Å². The van der Waals surface area contributed by atoms with Gasteiger partial charge in [-0.25, -0.2) is 0 Å². The summed E-state index contributed by atoms with van der Waals surface area (Å²) < 4.78 is 0. The number of rotatable bonds is 3. The van der Waals surface area contributed by atoms with Gasteiger partial charge in [0.2, 0.25) is 0 Å². The largest absolute Gasteiger partial charge is 0.380 e. The molecule has 1 heterocycles. The monoisotopic (exact) mass is 324 g/mol. The van der Waals surface area contributed by atoms with Crippen LogP contribution in [0.3, 0.4) is 0 Å². The number of pyridine rings is 1. The van der Waals surface area contributed by atoms with Crippen molar-refractivity contribution in [3.05, 3.63) is 58.3 Å². The van der Waals surface area contributed by atoms with E-state index < -0.39 is 0 Å². The smallest absolute Gasteiger partial charge is 0.0595 e. The van der Waals surface area contributed by atoms with Gasteiger partial charge in [0, 0.05) is 18.9 Å². The molecule has 1 aromatic heterocycles. The van der Waals surface area contributed by atoms with E-state index in [-0.39, 0.29) is 24.8 Å². The first-order valence-corrected chi connectivity index (χ1v) is 5.59. The van der Waals surface area contributed by atoms with Gasteiger partial charge < -0.3 is 5.32 Å². The maximum atomic E-state index is 5.92. The molecule has 0 saturated carbocycles. The Bertz CT molecular complexity index is 477. The summed E-state index contributed by atoms with van der Waals surface area (Å²) in [6, 6.07) is 9.44. The number of nitrogens with zero attached hydrogens (tertiary/aromatic N) is 1. The quantitative estimate of drug-likeness (QED) is 0.873. The molecular weight excluding hydrogens is 314 g/mol. The lowest BCUT2D eigenvalue weighted by Crippen LogP contribution is -1.99. The van der Waals surface area contributed by atoms with Crippen molar-refractivity contribution in [2.75, 3.05) is 5.32 Å². The summed E-state index contributed by atoms with van der Waals surface area (Å²) in [5, 5.41) is 4.40. The van der Waals surface area contributed by atoms with E-state index in [0.29, 0.717) is 16.6 Å². The van der Waals surface area contributed by atoms with Gasteiger partial charge in [0.15, 0.2) is 0 Å². The summed E-state index contributed by atoms with van der Waals surface area (Å²) in [4.78, 5) is 4.02. The van der Waals surface area contributed by atoms with Crippen molar-refractivity contribution in [1.29, 1.82) is 0 Å². The maximum Gasteiger partial charge on any atom is 0.0595 e. The van der Waals surface area contributed by atoms with Crippen molar-refractivity contribution < 1.29 is 0 Å². The molecule has 0 aliphatic rings. The Balaban J connectivity index is 0.00000144. The summed E-state index contributed by atoms with van der Waals surface area (Å²) in [6.45, 7) is 0.697. The van der Waals surface area contributed by atoms with Crippen molar-refractivity contribution in [3.63, 3.8) is 0 Å². The van der Waals surface area contributed by atoms with Crippen molar-refractivity contribution in [1.82, 2.24) is 4.98 Å². The van der Waals surface area contributed by atoms with Crippen LogP contribution in [0.15, 0.2) is 42.7 Å². The highest BCUT2D eigenvalue weighted by atomic mass is 35.5. The van der Waals surface area contributed by atoms with Gasteiger partial charge in [-0.1, -0.05) is 29.3 Å². The standard InChI is InChI=1S/C12H10Cl2N2.2ClH/c13-11-4-3-9(6-12(11)14)7-16-10-2-1-5-15-8-10;;/h1-6,8,16H,7H2;2*1H. The third-order valence-corrected chi connectivity index (χ3v) is 2.88. The zero-order valence-electron chi connectivity index (χ0n) is 9.27. The number of benzene rings is 1. The molecule has 0 atom stereocenters. The Kier molecular flexibility index (Phi) is 8.12. The lowest BCUT2D eigenvalue weighted by Gasteiger charge is -2.06. The van der Waals surface area contributed by atoms with Gasteiger partial charge in [0.25, 0.3) is 0 Å². The average molecular weight is 326 g/mol. The highest BCUT2D eigenvalue weighted by Crippen LogP contribution is 2.22. The average Bonchev–Trinajstić information content (AvgIpc) is 2.32. The topological polar surface area (TPSA) is 24.9 Å². The molecule has 2 rings (SSSR count). The Morgan fingerprint density at radius 1 is 1.06 bits per heavy atom. The lowest BCUT2D eigenvalue weighted by molar-refractivity contribution is 1.14. The van der Waals surface area contributed by atoms with Crippen LogP contribution in [-0.4, -0.2) is 4.98 Å². The second-order valence-corrected chi connectivity index (χ2v) is 4.16. The van der Waals surface area contributed by atoms with Crippen LogP contribution in [0.1, 0.15) is 5.56 Å². The Hall–Kier alpha value is -0.670. The molecule has 0 saturated heterocycles. The number of hydrogen-bond donors (Lipinski definition) is 1. The molecule has 6 heteroatoms. The van der Waals surface area contributed by atoms with Crippen LogP contribution in [0, 0.1) is 0 Å². The molecule has 18 heavy (non-hydrogen) atoms. The second-order valence-electron chi connectivity index (χ2n) is 3.34. The molecule has 0 spiro atoms. The Morgan fingerprint density at radius 2 is 1.83 bits per heavy atom. The van der Waals surface area contributed by atoms with Gasteiger partial charge in [-0.05, 0) is 29.8 Å². The van der Waals surface area contributed by atoms with Gasteiger partial charge in [0.05, 0.1) is 15.7 Å². The molecule has 0 unspecified atom stereocenters. The molecule has 0 bridgehead atoms. The first kappa shape index (κ1) is 17.3. The molecule has 0 radical (unpaired) electrons. The minimum atomic E-state index is 0.